The number of nitrogens with zero attached hydrogens (tertiary/aromatic N) is 1. The fourth-order valence-electron chi connectivity index (χ4n) is 9.75. The van der Waals surface area contributed by atoms with Crippen LogP contribution in [0.2, 0.25) is 0 Å². The van der Waals surface area contributed by atoms with Crippen molar-refractivity contribution in [3.05, 3.63) is 134 Å². The van der Waals surface area contributed by atoms with Crippen molar-refractivity contribution in [1.82, 2.24) is 0 Å². The number of quaternary nitrogens is 1. The van der Waals surface area contributed by atoms with E-state index in [0.717, 1.165) is 109 Å². The first kappa shape index (κ1) is 84.2. The van der Waals surface area contributed by atoms with Crippen molar-refractivity contribution in [2.24, 2.45) is 0 Å². The van der Waals surface area contributed by atoms with Crippen LogP contribution in [-0.2, 0) is 32.7 Å². The predicted octanol–water partition coefficient (Wildman–Crippen LogP) is 23.0. The highest BCUT2D eigenvalue weighted by atomic mass is 31.2. The van der Waals surface area contributed by atoms with Crippen molar-refractivity contribution >= 4 is 19.8 Å². The van der Waals surface area contributed by atoms with Gasteiger partial charge in [0.2, 0.25) is 0 Å². The number of esters is 2. The Labute approximate surface area is 542 Å². The average molecular weight is 1240 g/mol. The van der Waals surface area contributed by atoms with Crippen LogP contribution in [0.15, 0.2) is 134 Å². The molecule has 10 heteroatoms. The monoisotopic (exact) mass is 1240 g/mol. The van der Waals surface area contributed by atoms with Crippen LogP contribution in [-0.4, -0.2) is 70.0 Å². The minimum atomic E-state index is -4.65. The van der Waals surface area contributed by atoms with Crippen molar-refractivity contribution < 1.29 is 42.1 Å². The number of phosphoric ester groups is 1. The number of hydrogen-bond acceptors (Lipinski definition) is 8. The summed E-state index contributed by atoms with van der Waals surface area (Å²) < 4.78 is 34.3. The molecule has 0 heterocycles. The molecule has 0 radical (unpaired) electrons. The Hall–Kier alpha value is -3.85. The molecule has 0 fully saturated rings. The Bertz CT molecular complexity index is 1950. The number of allylic oxidation sites excluding steroid dienone is 22. The van der Waals surface area contributed by atoms with Crippen LogP contribution in [0.4, 0.5) is 0 Å². The maximum atomic E-state index is 12.9. The summed E-state index contributed by atoms with van der Waals surface area (Å²) in [5, 5.41) is 0. The quantitative estimate of drug-likeness (QED) is 0.0195. The number of unbranched alkanes of at least 4 members (excludes halogenated alkanes) is 29. The van der Waals surface area contributed by atoms with Gasteiger partial charge in [0.1, 0.15) is 19.8 Å². The topological polar surface area (TPSA) is 111 Å². The van der Waals surface area contributed by atoms with Gasteiger partial charge >= 0.3 is 11.9 Å². The highest BCUT2D eigenvalue weighted by Gasteiger charge is 2.22. The zero-order valence-corrected chi connectivity index (χ0v) is 58.3. The minimum absolute atomic E-state index is 0.0350. The summed E-state index contributed by atoms with van der Waals surface area (Å²) in [5.74, 6) is -0.832. The molecule has 504 valence electrons. The molecule has 0 aromatic rings. The molecule has 9 nitrogen and oxygen atoms in total. The molecule has 0 N–H and O–H groups in total. The molecule has 2 unspecified atom stereocenters. The Morgan fingerprint density at radius 3 is 0.909 bits per heavy atom. The van der Waals surface area contributed by atoms with E-state index in [9.17, 15) is 19.0 Å². The highest BCUT2D eigenvalue weighted by molar-refractivity contribution is 7.45. The summed E-state index contributed by atoms with van der Waals surface area (Å²) in [6.07, 6.45) is 98.2. The Kier molecular flexibility index (Phi) is 64.6. The van der Waals surface area contributed by atoms with Gasteiger partial charge in [0.25, 0.3) is 7.82 Å². The molecular weight excluding hydrogens is 1110 g/mol. The lowest BCUT2D eigenvalue weighted by molar-refractivity contribution is -0.870. The summed E-state index contributed by atoms with van der Waals surface area (Å²) in [4.78, 5) is 38.1. The Morgan fingerprint density at radius 1 is 0.352 bits per heavy atom. The maximum absolute atomic E-state index is 12.9. The number of ether oxygens (including phenoxy) is 2. The van der Waals surface area contributed by atoms with Crippen LogP contribution >= 0.6 is 7.82 Å². The van der Waals surface area contributed by atoms with Crippen molar-refractivity contribution in [3.8, 4) is 0 Å². The molecule has 88 heavy (non-hydrogen) atoms. The smallest absolute Gasteiger partial charge is 0.306 e. The highest BCUT2D eigenvalue weighted by Crippen LogP contribution is 2.38. The standard InChI is InChI=1S/C78H134NO8P/c1-6-8-10-12-14-16-18-20-22-24-26-28-30-32-33-34-35-36-37-38-39-40-41-42-43-44-45-47-49-51-53-55-57-59-61-63-65-67-69-71-78(81)87-76(75-86-88(82,83)85-73-72-79(3,4)5)74-84-77(80)70-68-66-64-62-60-58-56-54-52-50-48-46-31-29-27-25-23-21-19-17-15-13-11-9-7-2/h8-11,14-17,20-23,26-29,32-33,35-36,38-39,76H,6-7,12-13,18-19,24-25,30-31,34,37,40-75H2,1-5H3/b10-8-,11-9-,16-14-,17-15-,22-20-,23-21-,28-26-,29-27-,33-32-,36-35-,39-38-. The van der Waals surface area contributed by atoms with Crippen molar-refractivity contribution in [3.63, 3.8) is 0 Å². The van der Waals surface area contributed by atoms with Gasteiger partial charge in [-0.3, -0.25) is 14.2 Å². The number of carbonyl (C=O) groups excluding carboxylic acids is 2. The van der Waals surface area contributed by atoms with Crippen LogP contribution < -0.4 is 4.89 Å². The van der Waals surface area contributed by atoms with Crippen LogP contribution in [0.1, 0.15) is 296 Å². The zero-order chi connectivity index (χ0) is 64.1. The number of rotatable bonds is 65. The van der Waals surface area contributed by atoms with Crippen LogP contribution in [0, 0.1) is 0 Å². The lowest BCUT2D eigenvalue weighted by atomic mass is 10.0. The van der Waals surface area contributed by atoms with Crippen molar-refractivity contribution in [1.29, 1.82) is 0 Å². The Morgan fingerprint density at radius 2 is 0.614 bits per heavy atom. The van der Waals surface area contributed by atoms with Gasteiger partial charge in [-0.15, -0.1) is 0 Å². The van der Waals surface area contributed by atoms with Crippen molar-refractivity contribution in [2.75, 3.05) is 47.5 Å². The van der Waals surface area contributed by atoms with E-state index >= 15 is 0 Å². The average Bonchev–Trinajstić information content (AvgIpc) is 3.68. The first-order valence-electron chi connectivity index (χ1n) is 35.9. The molecule has 0 aliphatic heterocycles. The van der Waals surface area contributed by atoms with E-state index in [1.807, 2.05) is 21.1 Å². The largest absolute Gasteiger partial charge is 0.756 e. The van der Waals surface area contributed by atoms with Gasteiger partial charge < -0.3 is 27.9 Å². The van der Waals surface area contributed by atoms with Crippen LogP contribution in [0.3, 0.4) is 0 Å². The second-order valence-electron chi connectivity index (χ2n) is 24.8. The van der Waals surface area contributed by atoms with E-state index < -0.39 is 26.5 Å². The molecule has 0 aliphatic rings. The molecule has 0 rings (SSSR count). The van der Waals surface area contributed by atoms with Gasteiger partial charge in [0.05, 0.1) is 27.7 Å². The first-order chi connectivity index (χ1) is 43.0. The van der Waals surface area contributed by atoms with Gasteiger partial charge in [0.15, 0.2) is 6.10 Å². The molecule has 0 spiro atoms. The third-order valence-corrected chi connectivity index (χ3v) is 16.1. The molecule has 0 amide bonds. The summed E-state index contributed by atoms with van der Waals surface area (Å²) in [6.45, 7) is 4.03. The van der Waals surface area contributed by atoms with Gasteiger partial charge in [-0.25, -0.2) is 0 Å². The predicted molar refractivity (Wildman–Crippen MR) is 378 cm³/mol. The van der Waals surface area contributed by atoms with Gasteiger partial charge in [0, 0.05) is 12.8 Å². The van der Waals surface area contributed by atoms with Gasteiger partial charge in [-0.05, 0) is 109 Å². The fraction of sp³-hybridized carbons (Fsp3) is 0.692. The molecule has 0 aliphatic carbocycles. The third-order valence-electron chi connectivity index (χ3n) is 15.2. The lowest BCUT2D eigenvalue weighted by Gasteiger charge is -2.28. The molecule has 2 atom stereocenters. The molecular formula is C78H134NO8P. The number of phosphoric acid groups is 1. The molecule has 0 saturated heterocycles. The first-order valence-corrected chi connectivity index (χ1v) is 37.4. The van der Waals surface area contributed by atoms with E-state index in [-0.39, 0.29) is 32.0 Å². The normalized spacial score (nSPS) is 13.9. The summed E-state index contributed by atoms with van der Waals surface area (Å²) in [7, 11) is 1.16. The number of carbonyl (C=O) groups is 2. The molecule has 0 saturated carbocycles. The zero-order valence-electron chi connectivity index (χ0n) is 57.4. The molecule has 0 bridgehead atoms. The van der Waals surface area contributed by atoms with E-state index in [1.54, 1.807) is 0 Å². The van der Waals surface area contributed by atoms with E-state index in [4.69, 9.17) is 18.5 Å². The Balaban J connectivity index is 4.02. The van der Waals surface area contributed by atoms with Crippen LogP contribution in [0.5, 0.6) is 0 Å². The summed E-state index contributed by atoms with van der Waals surface area (Å²) >= 11 is 0. The molecule has 0 aromatic carbocycles. The minimum Gasteiger partial charge on any atom is -0.756 e. The summed E-state index contributed by atoms with van der Waals surface area (Å²) in [6, 6.07) is 0. The van der Waals surface area contributed by atoms with E-state index in [1.165, 1.54) is 154 Å². The SMILES string of the molecule is CC/C=C\C/C=C\C/C=C\C/C=C\C/C=C\C/C=C\C/C=C\CCCCCCCCCCCCCCCCCCCC(=O)OC(COC(=O)CCCCCCCCCCCCCC/C=C\C/C=C\C/C=C\C/C=C\CC)COP(=O)([O-])OCC[N+](C)(C)C. The fourth-order valence-corrected chi connectivity index (χ4v) is 10.5. The summed E-state index contributed by atoms with van der Waals surface area (Å²) in [5.41, 5.74) is 0. The van der Waals surface area contributed by atoms with Gasteiger partial charge in [-0.1, -0.05) is 308 Å². The molecule has 0 aromatic heterocycles. The lowest BCUT2D eigenvalue weighted by Crippen LogP contribution is -2.37. The maximum Gasteiger partial charge on any atom is 0.306 e. The second kappa shape index (κ2) is 67.5. The van der Waals surface area contributed by atoms with Gasteiger partial charge in [-0.2, -0.15) is 0 Å². The van der Waals surface area contributed by atoms with Crippen molar-refractivity contribution in [2.45, 2.75) is 302 Å². The third kappa shape index (κ3) is 71.2. The number of hydrogen-bond donors (Lipinski definition) is 0. The van der Waals surface area contributed by atoms with Crippen LogP contribution in [0.25, 0.3) is 0 Å². The van der Waals surface area contributed by atoms with E-state index in [2.05, 4.69) is 148 Å². The number of likely N-dealkylation sites (N-methyl/N-ethyl adjacent to an activating group) is 1. The van der Waals surface area contributed by atoms with E-state index in [0.29, 0.717) is 17.4 Å². The second-order valence-corrected chi connectivity index (χ2v) is 26.2.